The van der Waals surface area contributed by atoms with E-state index >= 15 is 0 Å². The number of ether oxygens (including phenoxy) is 2. The molecular formula is C15H18O2. The normalized spacial score (nSPS) is 10.7. The molecule has 0 N–H and O–H groups in total. The lowest BCUT2D eigenvalue weighted by Gasteiger charge is -2.11. The van der Waals surface area contributed by atoms with Crippen molar-refractivity contribution < 1.29 is 9.47 Å². The zero-order valence-corrected chi connectivity index (χ0v) is 10.4. The minimum atomic E-state index is 0.788. The molecule has 0 heterocycles. The molecule has 2 aromatic rings. The van der Waals surface area contributed by atoms with Gasteiger partial charge in [0.25, 0.3) is 0 Å². The Morgan fingerprint density at radius 1 is 1.00 bits per heavy atom. The van der Waals surface area contributed by atoms with Crippen LogP contribution in [-0.4, -0.2) is 20.8 Å². The predicted octanol–water partition coefficient (Wildman–Crippen LogP) is 3.43. The second-order valence-corrected chi connectivity index (χ2v) is 4.08. The molecule has 0 fully saturated rings. The summed E-state index contributed by atoms with van der Waals surface area (Å²) in [4.78, 5) is 0. The monoisotopic (exact) mass is 230 g/mol. The van der Waals surface area contributed by atoms with Crippen LogP contribution in [-0.2, 0) is 11.2 Å². The first kappa shape index (κ1) is 11.9. The van der Waals surface area contributed by atoms with Crippen molar-refractivity contribution in [1.29, 1.82) is 0 Å². The first-order chi connectivity index (χ1) is 8.36. The van der Waals surface area contributed by atoms with Crippen molar-refractivity contribution in [2.45, 2.75) is 12.8 Å². The van der Waals surface area contributed by atoms with Crippen molar-refractivity contribution in [2.75, 3.05) is 20.8 Å². The van der Waals surface area contributed by atoms with Gasteiger partial charge in [-0.25, -0.2) is 0 Å². The van der Waals surface area contributed by atoms with Gasteiger partial charge >= 0.3 is 0 Å². The lowest BCUT2D eigenvalue weighted by atomic mass is 10.0. The highest BCUT2D eigenvalue weighted by molar-refractivity contribution is 5.89. The third kappa shape index (κ3) is 2.59. The van der Waals surface area contributed by atoms with Crippen LogP contribution in [0.1, 0.15) is 12.0 Å². The van der Waals surface area contributed by atoms with Crippen LogP contribution in [0.3, 0.4) is 0 Å². The summed E-state index contributed by atoms with van der Waals surface area (Å²) >= 11 is 0. The van der Waals surface area contributed by atoms with E-state index in [0.717, 1.165) is 25.2 Å². The van der Waals surface area contributed by atoms with Gasteiger partial charge in [-0.1, -0.05) is 36.4 Å². The second kappa shape index (κ2) is 5.69. The molecule has 0 saturated carbocycles. The fourth-order valence-electron chi connectivity index (χ4n) is 2.13. The molecule has 2 rings (SSSR count). The molecule has 0 aliphatic rings. The quantitative estimate of drug-likeness (QED) is 0.733. The molecule has 2 heteroatoms. The fourth-order valence-corrected chi connectivity index (χ4v) is 2.13. The van der Waals surface area contributed by atoms with Gasteiger partial charge in [-0.2, -0.15) is 0 Å². The van der Waals surface area contributed by atoms with Crippen LogP contribution in [0, 0.1) is 0 Å². The summed E-state index contributed by atoms with van der Waals surface area (Å²) in [5.74, 6) is 0.999. The molecule has 17 heavy (non-hydrogen) atoms. The smallest absolute Gasteiger partial charge is 0.129 e. The number of hydrogen-bond acceptors (Lipinski definition) is 2. The summed E-state index contributed by atoms with van der Waals surface area (Å²) in [6, 6.07) is 12.6. The average molecular weight is 230 g/mol. The van der Waals surface area contributed by atoms with Gasteiger partial charge in [0.1, 0.15) is 5.75 Å². The van der Waals surface area contributed by atoms with Crippen molar-refractivity contribution in [2.24, 2.45) is 0 Å². The third-order valence-electron chi connectivity index (χ3n) is 2.96. The van der Waals surface area contributed by atoms with Gasteiger partial charge in [-0.05, 0) is 23.8 Å². The van der Waals surface area contributed by atoms with Crippen molar-refractivity contribution in [3.63, 3.8) is 0 Å². The van der Waals surface area contributed by atoms with Crippen molar-refractivity contribution in [1.82, 2.24) is 0 Å². The highest BCUT2D eigenvalue weighted by Crippen LogP contribution is 2.30. The van der Waals surface area contributed by atoms with Gasteiger partial charge in [0.05, 0.1) is 7.11 Å². The molecule has 0 amide bonds. The SMILES string of the molecule is COCCCc1ccc2ccccc2c1OC. The van der Waals surface area contributed by atoms with Crippen LogP contribution in [0.4, 0.5) is 0 Å². The molecule has 0 aliphatic heterocycles. The van der Waals surface area contributed by atoms with Crippen molar-refractivity contribution in [3.05, 3.63) is 42.0 Å². The average Bonchev–Trinajstić information content (AvgIpc) is 2.38. The number of rotatable bonds is 5. The summed E-state index contributed by atoms with van der Waals surface area (Å²) in [5, 5.41) is 2.41. The second-order valence-electron chi connectivity index (χ2n) is 4.08. The van der Waals surface area contributed by atoms with Crippen LogP contribution in [0.5, 0.6) is 5.75 Å². The minimum Gasteiger partial charge on any atom is -0.496 e. The molecule has 2 nitrogen and oxygen atoms in total. The van der Waals surface area contributed by atoms with E-state index in [1.807, 2.05) is 12.1 Å². The van der Waals surface area contributed by atoms with Gasteiger partial charge in [0, 0.05) is 19.1 Å². The summed E-state index contributed by atoms with van der Waals surface area (Å²) < 4.78 is 10.6. The number of aryl methyl sites for hydroxylation is 1. The topological polar surface area (TPSA) is 18.5 Å². The van der Waals surface area contributed by atoms with Crippen LogP contribution in [0.25, 0.3) is 10.8 Å². The van der Waals surface area contributed by atoms with Crippen LogP contribution in [0.2, 0.25) is 0 Å². The molecule has 0 aromatic heterocycles. The fraction of sp³-hybridized carbons (Fsp3) is 0.333. The number of benzene rings is 2. The van der Waals surface area contributed by atoms with E-state index in [-0.39, 0.29) is 0 Å². The first-order valence-electron chi connectivity index (χ1n) is 5.90. The maximum absolute atomic E-state index is 5.55. The summed E-state index contributed by atoms with van der Waals surface area (Å²) in [6.45, 7) is 0.788. The Kier molecular flexibility index (Phi) is 3.99. The Bertz CT molecular complexity index is 491. The Labute approximate surface area is 102 Å². The number of fused-ring (bicyclic) bond motifs is 1. The van der Waals surface area contributed by atoms with Gasteiger partial charge < -0.3 is 9.47 Å². The van der Waals surface area contributed by atoms with Gasteiger partial charge in [0.2, 0.25) is 0 Å². The van der Waals surface area contributed by atoms with Gasteiger partial charge in [-0.15, -0.1) is 0 Å². The molecule has 0 unspecified atom stereocenters. The number of hydrogen-bond donors (Lipinski definition) is 0. The lowest BCUT2D eigenvalue weighted by molar-refractivity contribution is 0.195. The molecule has 2 aromatic carbocycles. The maximum atomic E-state index is 5.55. The highest BCUT2D eigenvalue weighted by Gasteiger charge is 2.07. The van der Waals surface area contributed by atoms with E-state index in [0.29, 0.717) is 0 Å². The maximum Gasteiger partial charge on any atom is 0.129 e. The van der Waals surface area contributed by atoms with Crippen LogP contribution in [0.15, 0.2) is 36.4 Å². The molecule has 0 atom stereocenters. The van der Waals surface area contributed by atoms with Crippen molar-refractivity contribution in [3.8, 4) is 5.75 Å². The van der Waals surface area contributed by atoms with E-state index in [2.05, 4.69) is 24.3 Å². The van der Waals surface area contributed by atoms with E-state index in [4.69, 9.17) is 9.47 Å². The standard InChI is InChI=1S/C15H18O2/c1-16-11-5-7-13-10-9-12-6-3-4-8-14(12)15(13)17-2/h3-4,6,8-10H,5,7,11H2,1-2H3. The summed E-state index contributed by atoms with van der Waals surface area (Å²) in [6.07, 6.45) is 2.01. The zero-order chi connectivity index (χ0) is 12.1. The Morgan fingerprint density at radius 2 is 1.82 bits per heavy atom. The van der Waals surface area contributed by atoms with E-state index < -0.39 is 0 Å². The zero-order valence-electron chi connectivity index (χ0n) is 10.4. The Morgan fingerprint density at radius 3 is 2.59 bits per heavy atom. The molecule has 0 aliphatic carbocycles. The van der Waals surface area contributed by atoms with E-state index in [9.17, 15) is 0 Å². The Hall–Kier alpha value is -1.54. The predicted molar refractivity (Wildman–Crippen MR) is 70.7 cm³/mol. The molecule has 0 spiro atoms. The largest absolute Gasteiger partial charge is 0.496 e. The summed E-state index contributed by atoms with van der Waals surface area (Å²) in [5.41, 5.74) is 1.25. The third-order valence-corrected chi connectivity index (χ3v) is 2.96. The highest BCUT2D eigenvalue weighted by atomic mass is 16.5. The van der Waals surface area contributed by atoms with Gasteiger partial charge in [0.15, 0.2) is 0 Å². The first-order valence-corrected chi connectivity index (χ1v) is 5.90. The van der Waals surface area contributed by atoms with Crippen LogP contribution < -0.4 is 4.74 Å². The van der Waals surface area contributed by atoms with Crippen molar-refractivity contribution >= 4 is 10.8 Å². The van der Waals surface area contributed by atoms with E-state index in [1.54, 1.807) is 14.2 Å². The molecule has 90 valence electrons. The van der Waals surface area contributed by atoms with E-state index in [1.165, 1.54) is 16.3 Å². The molecule has 0 bridgehead atoms. The summed E-state index contributed by atoms with van der Waals surface area (Å²) in [7, 11) is 3.47. The number of methoxy groups -OCH3 is 2. The molecule has 0 radical (unpaired) electrons. The Balaban J connectivity index is 2.35. The molecular weight excluding hydrogens is 212 g/mol. The van der Waals surface area contributed by atoms with Crippen LogP contribution >= 0.6 is 0 Å². The minimum absolute atomic E-state index is 0.788. The molecule has 0 saturated heterocycles. The lowest BCUT2D eigenvalue weighted by Crippen LogP contribution is -1.96. The van der Waals surface area contributed by atoms with Gasteiger partial charge in [-0.3, -0.25) is 0 Å².